The van der Waals surface area contributed by atoms with E-state index in [0.717, 1.165) is 15.0 Å². The van der Waals surface area contributed by atoms with Gasteiger partial charge in [0.2, 0.25) is 0 Å². The van der Waals surface area contributed by atoms with E-state index >= 15 is 0 Å². The fourth-order valence-corrected chi connectivity index (χ4v) is 3.29. The molecule has 0 bridgehead atoms. The first kappa shape index (κ1) is 17.8. The van der Waals surface area contributed by atoms with Gasteiger partial charge in [-0.3, -0.25) is 9.52 Å². The van der Waals surface area contributed by atoms with Crippen molar-refractivity contribution < 1.29 is 17.9 Å². The number of rotatable bonds is 8. The zero-order valence-electron chi connectivity index (χ0n) is 12.3. The molecule has 0 aliphatic carbocycles. The van der Waals surface area contributed by atoms with Gasteiger partial charge in [0.1, 0.15) is 0 Å². The predicted octanol–water partition coefficient (Wildman–Crippen LogP) is 1.95. The molecular formula is C13H20N2O4S2. The summed E-state index contributed by atoms with van der Waals surface area (Å²) in [5.74, 6) is 0.399. The summed E-state index contributed by atoms with van der Waals surface area (Å²) < 4.78 is 32.6. The van der Waals surface area contributed by atoms with Gasteiger partial charge in [0.25, 0.3) is 0 Å². The maximum Gasteiger partial charge on any atom is 0.306 e. The molecule has 6 nitrogen and oxygen atoms in total. The van der Waals surface area contributed by atoms with E-state index in [4.69, 9.17) is 0 Å². The number of nitrogens with one attached hydrogen (secondary N) is 1. The summed E-state index contributed by atoms with van der Waals surface area (Å²) in [4.78, 5) is 11.9. The topological polar surface area (TPSA) is 75.7 Å². The molecule has 0 fully saturated rings. The van der Waals surface area contributed by atoms with Crippen LogP contribution in [0, 0.1) is 0 Å². The van der Waals surface area contributed by atoms with Crippen molar-refractivity contribution in [3.63, 3.8) is 0 Å². The van der Waals surface area contributed by atoms with Crippen LogP contribution in [0.25, 0.3) is 0 Å². The number of benzene rings is 1. The second kappa shape index (κ2) is 8.26. The van der Waals surface area contributed by atoms with Crippen LogP contribution in [-0.4, -0.2) is 45.1 Å². The smallest absolute Gasteiger partial charge is 0.306 e. The molecule has 0 saturated carbocycles. The summed E-state index contributed by atoms with van der Waals surface area (Å²) >= 11 is 1.56. The van der Waals surface area contributed by atoms with E-state index in [9.17, 15) is 13.2 Å². The minimum atomic E-state index is -3.70. The second-order valence-corrected chi connectivity index (χ2v) is 7.27. The molecule has 21 heavy (non-hydrogen) atoms. The van der Waals surface area contributed by atoms with Crippen molar-refractivity contribution in [1.29, 1.82) is 0 Å². The van der Waals surface area contributed by atoms with Crippen LogP contribution in [0.15, 0.2) is 29.2 Å². The number of anilines is 1. The average Bonchev–Trinajstić information content (AvgIpc) is 2.46. The molecule has 0 spiro atoms. The summed E-state index contributed by atoms with van der Waals surface area (Å²) in [7, 11) is -1.01. The average molecular weight is 332 g/mol. The number of nitrogens with zero attached hydrogens (tertiary/aromatic N) is 1. The number of hydrogen-bond acceptors (Lipinski definition) is 5. The van der Waals surface area contributed by atoms with Gasteiger partial charge in [0.15, 0.2) is 0 Å². The molecule has 1 aromatic rings. The van der Waals surface area contributed by atoms with Gasteiger partial charge in [-0.05, 0) is 17.9 Å². The number of ether oxygens (including phenoxy) is 1. The van der Waals surface area contributed by atoms with Gasteiger partial charge < -0.3 is 4.74 Å². The summed E-state index contributed by atoms with van der Waals surface area (Å²) in [6, 6.07) is 7.20. The number of carbonyl (C=O) groups excluding carboxylic acids is 1. The van der Waals surface area contributed by atoms with Gasteiger partial charge in [0.05, 0.1) is 19.2 Å². The molecule has 0 saturated heterocycles. The highest BCUT2D eigenvalue weighted by Crippen LogP contribution is 2.27. The van der Waals surface area contributed by atoms with Gasteiger partial charge in [-0.25, -0.2) is 0 Å². The lowest BCUT2D eigenvalue weighted by Crippen LogP contribution is -2.34. The van der Waals surface area contributed by atoms with Gasteiger partial charge >= 0.3 is 16.2 Å². The molecule has 0 atom stereocenters. The Morgan fingerprint density at radius 3 is 2.67 bits per heavy atom. The standard InChI is InChI=1S/C13H20N2O4S2/c1-4-20-12-8-6-5-7-11(12)14-21(17,18)15(2)10-9-13(16)19-3/h5-8,14H,4,9-10H2,1-3H3. The van der Waals surface area contributed by atoms with Crippen LogP contribution < -0.4 is 4.72 Å². The molecule has 0 radical (unpaired) electrons. The number of esters is 1. The Bertz CT molecular complexity index is 575. The quantitative estimate of drug-likeness (QED) is 0.582. The highest BCUT2D eigenvalue weighted by atomic mass is 32.2. The number of para-hydroxylation sites is 1. The minimum Gasteiger partial charge on any atom is -0.469 e. The summed E-state index contributed by atoms with van der Waals surface area (Å²) in [5, 5.41) is 0. The fourth-order valence-electron chi connectivity index (χ4n) is 1.52. The fraction of sp³-hybridized carbons (Fsp3) is 0.462. The molecule has 0 aromatic heterocycles. The lowest BCUT2D eigenvalue weighted by Gasteiger charge is -2.19. The van der Waals surface area contributed by atoms with Crippen LogP contribution in [0.4, 0.5) is 5.69 Å². The van der Waals surface area contributed by atoms with Crippen molar-refractivity contribution in [2.24, 2.45) is 0 Å². The van der Waals surface area contributed by atoms with Crippen LogP contribution in [0.1, 0.15) is 13.3 Å². The highest BCUT2D eigenvalue weighted by molar-refractivity contribution is 7.99. The molecule has 0 amide bonds. The zero-order chi connectivity index (χ0) is 15.9. The van der Waals surface area contributed by atoms with E-state index in [-0.39, 0.29) is 13.0 Å². The van der Waals surface area contributed by atoms with Gasteiger partial charge in [-0.15, -0.1) is 11.8 Å². The minimum absolute atomic E-state index is 0.0132. The van der Waals surface area contributed by atoms with Gasteiger partial charge in [0, 0.05) is 18.5 Å². The summed E-state index contributed by atoms with van der Waals surface area (Å²) in [6.07, 6.45) is 0.0132. The normalized spacial score (nSPS) is 11.4. The highest BCUT2D eigenvalue weighted by Gasteiger charge is 2.19. The molecular weight excluding hydrogens is 312 g/mol. The lowest BCUT2D eigenvalue weighted by atomic mass is 10.3. The van der Waals surface area contributed by atoms with Crippen LogP contribution in [0.3, 0.4) is 0 Å². The number of hydrogen-bond donors (Lipinski definition) is 1. The third kappa shape index (κ3) is 5.56. The van der Waals surface area contributed by atoms with Crippen molar-refractivity contribution >= 4 is 33.6 Å². The Balaban J connectivity index is 2.78. The van der Waals surface area contributed by atoms with Crippen molar-refractivity contribution in [1.82, 2.24) is 4.31 Å². The van der Waals surface area contributed by atoms with E-state index in [2.05, 4.69) is 9.46 Å². The molecule has 8 heteroatoms. The van der Waals surface area contributed by atoms with Crippen LogP contribution in [-0.2, 0) is 19.7 Å². The Labute approximate surface area is 130 Å². The SMILES string of the molecule is CCSc1ccccc1NS(=O)(=O)N(C)CCC(=O)OC. The first-order valence-electron chi connectivity index (χ1n) is 6.43. The second-order valence-electron chi connectivity index (χ2n) is 4.18. The third-order valence-corrected chi connectivity index (χ3v) is 5.13. The first-order chi connectivity index (χ1) is 9.90. The lowest BCUT2D eigenvalue weighted by molar-refractivity contribution is -0.140. The molecule has 0 aliphatic rings. The van der Waals surface area contributed by atoms with E-state index in [1.807, 2.05) is 19.1 Å². The van der Waals surface area contributed by atoms with E-state index in [1.165, 1.54) is 14.2 Å². The van der Waals surface area contributed by atoms with Crippen molar-refractivity contribution in [3.8, 4) is 0 Å². The molecule has 1 aromatic carbocycles. The van der Waals surface area contributed by atoms with Gasteiger partial charge in [-0.1, -0.05) is 19.1 Å². The summed E-state index contributed by atoms with van der Waals surface area (Å²) in [5.41, 5.74) is 0.536. The maximum atomic E-state index is 12.2. The zero-order valence-corrected chi connectivity index (χ0v) is 14.0. The van der Waals surface area contributed by atoms with Crippen LogP contribution in [0.5, 0.6) is 0 Å². The number of thioether (sulfide) groups is 1. The molecule has 0 unspecified atom stereocenters. The number of carbonyl (C=O) groups is 1. The molecule has 0 aliphatic heterocycles. The van der Waals surface area contributed by atoms with E-state index in [1.54, 1.807) is 23.9 Å². The Kier molecular flexibility index (Phi) is 7.00. The Hall–Kier alpha value is -1.25. The first-order valence-corrected chi connectivity index (χ1v) is 8.86. The monoisotopic (exact) mass is 332 g/mol. The summed E-state index contributed by atoms with van der Waals surface area (Å²) in [6.45, 7) is 2.06. The largest absolute Gasteiger partial charge is 0.469 e. The van der Waals surface area contributed by atoms with Gasteiger partial charge in [-0.2, -0.15) is 12.7 Å². The van der Waals surface area contributed by atoms with E-state index in [0.29, 0.717) is 5.69 Å². The Morgan fingerprint density at radius 2 is 2.05 bits per heavy atom. The number of methoxy groups -OCH3 is 1. The molecule has 118 valence electrons. The third-order valence-electron chi connectivity index (χ3n) is 2.69. The van der Waals surface area contributed by atoms with Crippen molar-refractivity contribution in [2.75, 3.05) is 31.2 Å². The van der Waals surface area contributed by atoms with Crippen LogP contribution in [0.2, 0.25) is 0 Å². The maximum absolute atomic E-state index is 12.2. The predicted molar refractivity (Wildman–Crippen MR) is 84.6 cm³/mol. The molecule has 1 N–H and O–H groups in total. The van der Waals surface area contributed by atoms with Crippen molar-refractivity contribution in [3.05, 3.63) is 24.3 Å². The van der Waals surface area contributed by atoms with Crippen molar-refractivity contribution in [2.45, 2.75) is 18.2 Å². The molecule has 0 heterocycles. The molecule has 1 rings (SSSR count). The van der Waals surface area contributed by atoms with Crippen LogP contribution >= 0.6 is 11.8 Å². The Morgan fingerprint density at radius 1 is 1.38 bits per heavy atom. The van der Waals surface area contributed by atoms with E-state index < -0.39 is 16.2 Å².